The average Bonchev–Trinajstić information content (AvgIpc) is 2.53. The number of rotatable bonds is 5. The molecule has 2 aromatic carbocycles. The summed E-state index contributed by atoms with van der Waals surface area (Å²) < 4.78 is 0. The van der Waals surface area contributed by atoms with Gasteiger partial charge in [-0.3, -0.25) is 0 Å². The van der Waals surface area contributed by atoms with Crippen LogP contribution in [0.15, 0.2) is 36.4 Å². The Kier molecular flexibility index (Phi) is 6.79. The Morgan fingerprint density at radius 3 is 1.25 bits per heavy atom. The van der Waals surface area contributed by atoms with Crippen LogP contribution in [0.25, 0.3) is 11.1 Å². The van der Waals surface area contributed by atoms with Gasteiger partial charge in [0.15, 0.2) is 0 Å². The third kappa shape index (κ3) is 3.76. The Labute approximate surface area is 153 Å². The largest absolute Gasteiger partial charge is 0.0876 e. The van der Waals surface area contributed by atoms with E-state index in [0.717, 1.165) is 21.3 Å². The van der Waals surface area contributed by atoms with E-state index < -0.39 is 0 Å². The van der Waals surface area contributed by atoms with Crippen LogP contribution in [0.1, 0.15) is 22.3 Å². The van der Waals surface area contributed by atoms with Crippen molar-refractivity contribution in [3.8, 4) is 11.1 Å². The molecule has 0 aliphatic rings. The minimum atomic E-state index is 0.866. The molecular formula is C16H14Br4. The van der Waals surface area contributed by atoms with Crippen molar-refractivity contribution >= 4 is 63.7 Å². The molecule has 0 atom stereocenters. The molecule has 2 rings (SSSR count). The van der Waals surface area contributed by atoms with E-state index in [1.54, 1.807) is 0 Å². The molecule has 0 amide bonds. The van der Waals surface area contributed by atoms with Gasteiger partial charge in [-0.25, -0.2) is 0 Å². The highest BCUT2D eigenvalue weighted by atomic mass is 79.9. The summed E-state index contributed by atoms with van der Waals surface area (Å²) in [6, 6.07) is 13.3. The second-order valence-electron chi connectivity index (χ2n) is 4.52. The minimum absolute atomic E-state index is 0.866. The van der Waals surface area contributed by atoms with Crippen LogP contribution in [-0.2, 0) is 21.3 Å². The van der Waals surface area contributed by atoms with Gasteiger partial charge >= 0.3 is 0 Å². The van der Waals surface area contributed by atoms with Gasteiger partial charge in [0, 0.05) is 21.3 Å². The molecular weight excluding hydrogens is 512 g/mol. The third-order valence-corrected chi connectivity index (χ3v) is 5.74. The summed E-state index contributed by atoms with van der Waals surface area (Å²) in [7, 11) is 0. The van der Waals surface area contributed by atoms with Crippen LogP contribution < -0.4 is 0 Å². The van der Waals surface area contributed by atoms with Crippen LogP contribution in [0, 0.1) is 0 Å². The topological polar surface area (TPSA) is 0 Å². The van der Waals surface area contributed by atoms with Crippen molar-refractivity contribution in [2.75, 3.05) is 0 Å². The normalized spacial score (nSPS) is 10.8. The molecule has 0 aliphatic carbocycles. The molecule has 106 valence electrons. The zero-order valence-corrected chi connectivity index (χ0v) is 17.1. The first-order valence-electron chi connectivity index (χ1n) is 6.21. The lowest BCUT2D eigenvalue weighted by Gasteiger charge is -2.14. The van der Waals surface area contributed by atoms with Gasteiger partial charge in [0.2, 0.25) is 0 Å². The molecule has 0 aliphatic heterocycles. The predicted octanol–water partition coefficient (Wildman–Crippen LogP) is 6.93. The third-order valence-electron chi connectivity index (χ3n) is 3.24. The standard InChI is InChI=1S/C16H14Br4/c17-7-11-1-3-13(9-19)15(5-11)16-6-12(8-18)2-4-14(16)10-20/h1-6H,7-10H2. The maximum atomic E-state index is 3.60. The monoisotopic (exact) mass is 522 g/mol. The summed E-state index contributed by atoms with van der Waals surface area (Å²) in [5.41, 5.74) is 7.88. The molecule has 0 fully saturated rings. The van der Waals surface area contributed by atoms with Crippen LogP contribution >= 0.6 is 63.7 Å². The Morgan fingerprint density at radius 2 is 0.950 bits per heavy atom. The fourth-order valence-electron chi connectivity index (χ4n) is 2.15. The maximum Gasteiger partial charge on any atom is 0.0289 e. The van der Waals surface area contributed by atoms with Crippen molar-refractivity contribution < 1.29 is 0 Å². The maximum absolute atomic E-state index is 3.60. The fourth-order valence-corrected chi connectivity index (χ4v) is 3.82. The van der Waals surface area contributed by atoms with Gasteiger partial charge in [-0.1, -0.05) is 88.0 Å². The van der Waals surface area contributed by atoms with Crippen LogP contribution in [0.5, 0.6) is 0 Å². The average molecular weight is 526 g/mol. The number of hydrogen-bond donors (Lipinski definition) is 0. The Hall–Kier alpha value is 0.360. The molecule has 4 heteroatoms. The Morgan fingerprint density at radius 1 is 0.550 bits per heavy atom. The van der Waals surface area contributed by atoms with Crippen molar-refractivity contribution in [1.29, 1.82) is 0 Å². The van der Waals surface area contributed by atoms with Gasteiger partial charge in [0.1, 0.15) is 0 Å². The number of alkyl halides is 4. The molecule has 20 heavy (non-hydrogen) atoms. The van der Waals surface area contributed by atoms with Crippen molar-refractivity contribution in [3.05, 3.63) is 58.7 Å². The zero-order valence-electron chi connectivity index (χ0n) is 10.8. The summed E-state index contributed by atoms with van der Waals surface area (Å²) in [6.07, 6.45) is 0. The molecule has 0 unspecified atom stereocenters. The summed E-state index contributed by atoms with van der Waals surface area (Å²) in [6.45, 7) is 0. The van der Waals surface area contributed by atoms with Gasteiger partial charge in [-0.15, -0.1) is 0 Å². The van der Waals surface area contributed by atoms with Crippen molar-refractivity contribution in [2.45, 2.75) is 21.3 Å². The lowest BCUT2D eigenvalue weighted by molar-refractivity contribution is 1.32. The molecule has 0 spiro atoms. The number of benzene rings is 2. The number of halogens is 4. The van der Waals surface area contributed by atoms with Gasteiger partial charge in [-0.2, -0.15) is 0 Å². The van der Waals surface area contributed by atoms with E-state index in [9.17, 15) is 0 Å². The van der Waals surface area contributed by atoms with Crippen LogP contribution in [0.4, 0.5) is 0 Å². The van der Waals surface area contributed by atoms with Crippen molar-refractivity contribution in [2.24, 2.45) is 0 Å². The molecule has 0 heterocycles. The van der Waals surface area contributed by atoms with E-state index in [4.69, 9.17) is 0 Å². The smallest absolute Gasteiger partial charge is 0.0289 e. The highest BCUT2D eigenvalue weighted by Crippen LogP contribution is 2.32. The van der Waals surface area contributed by atoms with Gasteiger partial charge < -0.3 is 0 Å². The highest BCUT2D eigenvalue weighted by Gasteiger charge is 2.10. The summed E-state index contributed by atoms with van der Waals surface area (Å²) in [4.78, 5) is 0. The SMILES string of the molecule is BrCc1ccc(CBr)c(-c2cc(CBr)ccc2CBr)c1. The van der Waals surface area contributed by atoms with Crippen LogP contribution in [0.3, 0.4) is 0 Å². The molecule has 2 aromatic rings. The first-order chi connectivity index (χ1) is 9.73. The van der Waals surface area contributed by atoms with Crippen LogP contribution in [0.2, 0.25) is 0 Å². The fraction of sp³-hybridized carbons (Fsp3) is 0.250. The Balaban J connectivity index is 2.64. The second-order valence-corrected chi connectivity index (χ2v) is 6.76. The molecule has 0 saturated heterocycles. The lowest BCUT2D eigenvalue weighted by atomic mass is 9.94. The summed E-state index contributed by atoms with van der Waals surface area (Å²) in [5.74, 6) is 0. The van der Waals surface area contributed by atoms with Crippen molar-refractivity contribution in [1.82, 2.24) is 0 Å². The lowest BCUT2D eigenvalue weighted by Crippen LogP contribution is -1.94. The van der Waals surface area contributed by atoms with Gasteiger partial charge in [0.25, 0.3) is 0 Å². The molecule has 0 nitrogen and oxygen atoms in total. The van der Waals surface area contributed by atoms with Gasteiger partial charge in [0.05, 0.1) is 0 Å². The molecule has 0 bridgehead atoms. The first kappa shape index (κ1) is 16.7. The molecule has 0 N–H and O–H groups in total. The molecule has 0 aromatic heterocycles. The zero-order chi connectivity index (χ0) is 14.5. The first-order valence-corrected chi connectivity index (χ1v) is 10.7. The molecule has 0 radical (unpaired) electrons. The van der Waals surface area contributed by atoms with E-state index in [1.165, 1.54) is 33.4 Å². The van der Waals surface area contributed by atoms with Gasteiger partial charge in [-0.05, 0) is 45.5 Å². The van der Waals surface area contributed by atoms with E-state index in [1.807, 2.05) is 0 Å². The summed E-state index contributed by atoms with van der Waals surface area (Å²) in [5, 5.41) is 3.49. The van der Waals surface area contributed by atoms with E-state index in [-0.39, 0.29) is 0 Å². The van der Waals surface area contributed by atoms with E-state index >= 15 is 0 Å². The predicted molar refractivity (Wildman–Crippen MR) is 102 cm³/mol. The minimum Gasteiger partial charge on any atom is -0.0876 e. The van der Waals surface area contributed by atoms with Crippen molar-refractivity contribution in [3.63, 3.8) is 0 Å². The summed E-state index contributed by atoms with van der Waals surface area (Å²) >= 11 is 14.3. The van der Waals surface area contributed by atoms with E-state index in [0.29, 0.717) is 0 Å². The second kappa shape index (κ2) is 8.11. The van der Waals surface area contributed by atoms with E-state index in [2.05, 4.69) is 100 Å². The quantitative estimate of drug-likeness (QED) is 0.371. The Bertz CT molecular complexity index is 540. The highest BCUT2D eigenvalue weighted by molar-refractivity contribution is 9.09. The van der Waals surface area contributed by atoms with Crippen LogP contribution in [-0.4, -0.2) is 0 Å². The molecule has 0 saturated carbocycles. The number of hydrogen-bond acceptors (Lipinski definition) is 0.